The van der Waals surface area contributed by atoms with E-state index < -0.39 is 33.3 Å². The second kappa shape index (κ2) is 15.3. The summed E-state index contributed by atoms with van der Waals surface area (Å²) >= 11 is 5.32. The molecule has 2 heterocycles. The maximum Gasteiger partial charge on any atom is 0.222 e. The van der Waals surface area contributed by atoms with Gasteiger partial charge in [0, 0.05) is 24.8 Å². The highest BCUT2D eigenvalue weighted by molar-refractivity contribution is 6.90. The van der Waals surface area contributed by atoms with Crippen molar-refractivity contribution in [3.8, 4) is 0 Å². The molecule has 0 atom stereocenters. The second-order valence-corrected chi connectivity index (χ2v) is 26.0. The van der Waals surface area contributed by atoms with E-state index in [1.165, 1.54) is 0 Å². The van der Waals surface area contributed by atoms with Crippen LogP contribution in [0.1, 0.15) is 5.82 Å². The van der Waals surface area contributed by atoms with Gasteiger partial charge in [0.05, 0.1) is 0 Å². The van der Waals surface area contributed by atoms with E-state index >= 15 is 0 Å². The van der Waals surface area contributed by atoms with Crippen molar-refractivity contribution in [1.82, 2.24) is 19.9 Å². The highest BCUT2D eigenvalue weighted by atomic mass is 35.5. The lowest BCUT2D eigenvalue weighted by molar-refractivity contribution is 0.570. The average molecular weight is 565 g/mol. The summed E-state index contributed by atoms with van der Waals surface area (Å²) in [4.78, 5) is 15.6. The molecule has 0 aliphatic heterocycles. The Morgan fingerprint density at radius 1 is 0.629 bits per heavy atom. The van der Waals surface area contributed by atoms with Crippen LogP contribution in [0.3, 0.4) is 0 Å². The molecule has 11 heteroatoms. The van der Waals surface area contributed by atoms with Gasteiger partial charge in [-0.3, -0.25) is 0 Å². The summed E-state index contributed by atoms with van der Waals surface area (Å²) in [6.07, 6.45) is 8.61. The van der Waals surface area contributed by atoms with Gasteiger partial charge < -0.3 is 8.23 Å². The van der Waals surface area contributed by atoms with E-state index in [9.17, 15) is 0 Å². The standard InChI is InChI=1S/C12H20N2OSi2.C8H18OSi2.C4H3ClN2/c1-6-16(2,3)15-17(4,5)11-8-12-13-9-7-10-14-12;1-7-10(3,4)9-11(5,6)8-2;5-4-6-2-1-3-7-4/h6-11H,1H2,2-5H3;7-8H,1-2H2,3-6H3;1-3H/b11-8+;;. The van der Waals surface area contributed by atoms with Crippen LogP contribution in [-0.2, 0) is 8.23 Å². The van der Waals surface area contributed by atoms with Crippen molar-refractivity contribution >= 4 is 50.9 Å². The minimum absolute atomic E-state index is 0.294. The summed E-state index contributed by atoms with van der Waals surface area (Å²) < 4.78 is 12.2. The highest BCUT2D eigenvalue weighted by Crippen LogP contribution is 2.17. The SMILES string of the molecule is C=C[Si](C)(C)O[Si](C)(C)/C=C/c1ncccn1.C=C[Si](C)(C)O[Si](C)(C)C=C.Clc1ncccn1. The van der Waals surface area contributed by atoms with Gasteiger partial charge >= 0.3 is 0 Å². The minimum Gasteiger partial charge on any atom is -0.449 e. The van der Waals surface area contributed by atoms with E-state index in [1.54, 1.807) is 30.9 Å². The van der Waals surface area contributed by atoms with E-state index in [0.717, 1.165) is 5.82 Å². The van der Waals surface area contributed by atoms with Crippen LogP contribution in [0.15, 0.2) is 79.5 Å². The Bertz CT molecular complexity index is 923. The lowest BCUT2D eigenvalue weighted by atomic mass is 10.5. The topological polar surface area (TPSA) is 70.0 Å². The molecule has 0 fully saturated rings. The quantitative estimate of drug-likeness (QED) is 0.237. The van der Waals surface area contributed by atoms with Crippen LogP contribution in [0.5, 0.6) is 0 Å². The Morgan fingerprint density at radius 3 is 1.29 bits per heavy atom. The van der Waals surface area contributed by atoms with Crippen molar-refractivity contribution in [3.05, 3.63) is 90.6 Å². The number of halogens is 1. The minimum atomic E-state index is -1.81. The molecular formula is C24H41ClN4O2Si4. The predicted octanol–water partition coefficient (Wildman–Crippen LogP) is 7.17. The first-order valence-electron chi connectivity index (χ1n) is 11.3. The Hall–Kier alpha value is -1.80. The first kappa shape index (κ1) is 33.2. The van der Waals surface area contributed by atoms with Gasteiger partial charge in [0.25, 0.3) is 0 Å². The summed E-state index contributed by atoms with van der Waals surface area (Å²) in [5, 5.41) is 0.294. The first-order chi connectivity index (χ1) is 16.1. The molecule has 6 nitrogen and oxygen atoms in total. The van der Waals surface area contributed by atoms with Gasteiger partial charge in [0.1, 0.15) is 0 Å². The molecule has 0 aliphatic rings. The van der Waals surface area contributed by atoms with Gasteiger partial charge in [-0.2, -0.15) is 0 Å². The number of hydrogen-bond donors (Lipinski definition) is 0. The van der Waals surface area contributed by atoms with Gasteiger partial charge in [0.2, 0.25) is 5.28 Å². The lowest BCUT2D eigenvalue weighted by Gasteiger charge is -2.29. The van der Waals surface area contributed by atoms with Gasteiger partial charge in [-0.05, 0) is 82.2 Å². The summed E-state index contributed by atoms with van der Waals surface area (Å²) in [6, 6.07) is 3.52. The Morgan fingerprint density at radius 2 is 0.971 bits per heavy atom. The molecule has 35 heavy (non-hydrogen) atoms. The zero-order valence-corrected chi connectivity index (χ0v) is 27.2. The molecule has 0 aromatic carbocycles. The molecule has 0 aliphatic carbocycles. The van der Waals surface area contributed by atoms with Crippen molar-refractivity contribution in [2.24, 2.45) is 0 Å². The van der Waals surface area contributed by atoms with Crippen LogP contribution >= 0.6 is 11.6 Å². The third kappa shape index (κ3) is 17.3. The molecule has 0 spiro atoms. The molecule has 0 saturated heterocycles. The fourth-order valence-electron chi connectivity index (χ4n) is 2.47. The van der Waals surface area contributed by atoms with Gasteiger partial charge in [-0.1, -0.05) is 22.8 Å². The zero-order chi connectivity index (χ0) is 27.2. The van der Waals surface area contributed by atoms with Gasteiger partial charge in [-0.25, -0.2) is 19.9 Å². The molecule has 0 N–H and O–H groups in total. The Kier molecular flexibility index (Phi) is 14.6. The summed E-state index contributed by atoms with van der Waals surface area (Å²) in [7, 11) is -6.69. The van der Waals surface area contributed by atoms with E-state index in [-0.39, 0.29) is 0 Å². The van der Waals surface area contributed by atoms with Crippen molar-refractivity contribution in [1.29, 1.82) is 0 Å². The Balaban J connectivity index is 0.000000548. The van der Waals surface area contributed by atoms with Crippen LogP contribution in [-0.4, -0.2) is 53.2 Å². The van der Waals surface area contributed by atoms with Crippen LogP contribution in [0.25, 0.3) is 6.08 Å². The molecule has 2 aromatic heterocycles. The number of hydrogen-bond acceptors (Lipinski definition) is 6. The molecule has 0 bridgehead atoms. The largest absolute Gasteiger partial charge is 0.449 e. The first-order valence-corrected chi connectivity index (χ1v) is 23.6. The van der Waals surface area contributed by atoms with E-state index in [4.69, 9.17) is 19.8 Å². The van der Waals surface area contributed by atoms with Crippen molar-refractivity contribution in [2.75, 3.05) is 0 Å². The van der Waals surface area contributed by atoms with Crippen LogP contribution in [0.2, 0.25) is 57.7 Å². The van der Waals surface area contributed by atoms with Gasteiger partial charge in [0.15, 0.2) is 39.1 Å². The monoisotopic (exact) mass is 564 g/mol. The molecule has 0 saturated carbocycles. The smallest absolute Gasteiger partial charge is 0.222 e. The zero-order valence-electron chi connectivity index (χ0n) is 22.5. The molecule has 192 valence electrons. The number of nitrogens with zero attached hydrogens (tertiary/aromatic N) is 4. The van der Waals surface area contributed by atoms with Crippen molar-refractivity contribution < 1.29 is 8.23 Å². The third-order valence-corrected chi connectivity index (χ3v) is 16.8. The number of aromatic nitrogens is 4. The maximum atomic E-state index is 6.21. The fraction of sp³-hybridized carbons (Fsp3) is 0.333. The summed E-state index contributed by atoms with van der Waals surface area (Å²) in [5.41, 5.74) is 8.02. The maximum absolute atomic E-state index is 6.21. The van der Waals surface area contributed by atoms with Gasteiger partial charge in [-0.15, -0.1) is 19.7 Å². The highest BCUT2D eigenvalue weighted by Gasteiger charge is 2.29. The van der Waals surface area contributed by atoms with E-state index in [1.807, 2.05) is 29.2 Å². The number of rotatable bonds is 9. The molecule has 0 amide bonds. The van der Waals surface area contributed by atoms with E-state index in [0.29, 0.717) is 5.28 Å². The average Bonchev–Trinajstić information content (AvgIpc) is 2.79. The molecular weight excluding hydrogens is 524 g/mol. The van der Waals surface area contributed by atoms with Crippen LogP contribution in [0.4, 0.5) is 0 Å². The van der Waals surface area contributed by atoms with Crippen LogP contribution < -0.4 is 0 Å². The van der Waals surface area contributed by atoms with Crippen molar-refractivity contribution in [3.63, 3.8) is 0 Å². The summed E-state index contributed by atoms with van der Waals surface area (Å²) in [6.45, 7) is 28.7. The van der Waals surface area contributed by atoms with Crippen molar-refractivity contribution in [2.45, 2.75) is 52.4 Å². The lowest BCUT2D eigenvalue weighted by Crippen LogP contribution is -2.42. The molecule has 0 radical (unpaired) electrons. The molecule has 0 unspecified atom stereocenters. The fourth-order valence-corrected chi connectivity index (χ4v) is 15.3. The van der Waals surface area contributed by atoms with E-state index in [2.05, 4.69) is 97.7 Å². The summed E-state index contributed by atoms with van der Waals surface area (Å²) in [5.74, 6) is 0.731. The molecule has 2 aromatic rings. The predicted molar refractivity (Wildman–Crippen MR) is 161 cm³/mol. The normalized spacial score (nSPS) is 12.0. The Labute approximate surface area is 221 Å². The second-order valence-electron chi connectivity index (χ2n) is 9.69. The molecule has 2 rings (SSSR count). The van der Waals surface area contributed by atoms with Crippen LogP contribution in [0, 0.1) is 0 Å². The third-order valence-electron chi connectivity index (χ3n) is 4.28.